The van der Waals surface area contributed by atoms with Crippen LogP contribution in [0.15, 0.2) is 53.7 Å². The number of benzene rings is 2. The van der Waals surface area contributed by atoms with E-state index in [1.54, 1.807) is 24.5 Å². The maximum absolute atomic E-state index is 13.9. The van der Waals surface area contributed by atoms with Crippen molar-refractivity contribution in [1.82, 2.24) is 9.55 Å². The summed E-state index contributed by atoms with van der Waals surface area (Å²) in [4.78, 5) is 13.8. The first-order valence-electron chi connectivity index (χ1n) is 8.34. The molecule has 0 spiro atoms. The number of imidazole rings is 1. The molecule has 3 aromatic rings. The topological polar surface area (TPSA) is 116 Å². The average molecular weight is 420 g/mol. The zero-order chi connectivity index (χ0) is 21.2. The van der Waals surface area contributed by atoms with Crippen molar-refractivity contribution in [3.8, 4) is 5.75 Å². The summed E-state index contributed by atoms with van der Waals surface area (Å²) in [5.41, 5.74) is -0.649. The number of hydrogen-bond acceptors (Lipinski definition) is 6. The quantitative estimate of drug-likeness (QED) is 0.464. The number of hydrogen-bond donors (Lipinski definition) is 1. The molecule has 0 saturated heterocycles. The van der Waals surface area contributed by atoms with E-state index in [2.05, 4.69) is 9.71 Å². The van der Waals surface area contributed by atoms with Crippen molar-refractivity contribution in [2.75, 3.05) is 4.72 Å². The normalized spacial score (nSPS) is 11.3. The minimum absolute atomic E-state index is 0.193. The number of sulfonamides is 1. The van der Waals surface area contributed by atoms with Crippen LogP contribution in [0.1, 0.15) is 11.4 Å². The van der Waals surface area contributed by atoms with Gasteiger partial charge in [-0.05, 0) is 37.3 Å². The van der Waals surface area contributed by atoms with Crippen molar-refractivity contribution >= 4 is 21.4 Å². The molecule has 0 amide bonds. The highest BCUT2D eigenvalue weighted by Gasteiger charge is 2.23. The van der Waals surface area contributed by atoms with E-state index in [9.17, 15) is 22.9 Å². The van der Waals surface area contributed by atoms with Crippen LogP contribution in [0.4, 0.5) is 15.8 Å². The Morgan fingerprint density at radius 2 is 1.97 bits per heavy atom. The van der Waals surface area contributed by atoms with Crippen molar-refractivity contribution in [1.29, 1.82) is 0 Å². The molecule has 11 heteroatoms. The molecule has 9 nitrogen and oxygen atoms in total. The smallest absolute Gasteiger partial charge is 0.276 e. The molecule has 0 saturated carbocycles. The first kappa shape index (κ1) is 20.3. The van der Waals surface area contributed by atoms with Gasteiger partial charge in [-0.15, -0.1) is 0 Å². The fourth-order valence-corrected chi connectivity index (χ4v) is 3.59. The van der Waals surface area contributed by atoms with E-state index in [0.29, 0.717) is 5.75 Å². The summed E-state index contributed by atoms with van der Waals surface area (Å²) in [7, 11) is -2.39. The van der Waals surface area contributed by atoms with Crippen LogP contribution in [-0.4, -0.2) is 22.9 Å². The summed E-state index contributed by atoms with van der Waals surface area (Å²) in [6.45, 7) is 1.45. The van der Waals surface area contributed by atoms with Gasteiger partial charge in [-0.25, -0.2) is 17.8 Å². The Bertz CT molecular complexity index is 1160. The van der Waals surface area contributed by atoms with Crippen molar-refractivity contribution in [3.05, 3.63) is 76.1 Å². The molecule has 0 aliphatic carbocycles. The Labute approximate surface area is 166 Å². The number of nitro groups is 1. The molecule has 1 N–H and O–H groups in total. The first-order chi connectivity index (χ1) is 13.7. The van der Waals surface area contributed by atoms with Crippen LogP contribution in [0.3, 0.4) is 0 Å². The lowest BCUT2D eigenvalue weighted by Crippen LogP contribution is -2.14. The number of halogens is 1. The number of nitrogens with zero attached hydrogens (tertiary/aromatic N) is 3. The summed E-state index contributed by atoms with van der Waals surface area (Å²) in [6, 6.07) is 7.60. The van der Waals surface area contributed by atoms with Gasteiger partial charge in [0.25, 0.3) is 15.7 Å². The lowest BCUT2D eigenvalue weighted by atomic mass is 10.2. The average Bonchev–Trinajstić information content (AvgIpc) is 3.07. The second kappa shape index (κ2) is 7.87. The SMILES string of the molecule is Cc1c(F)cc(S(=O)(=O)Nc2ccc(OCc3nccn3C)cc2)cc1[N+](=O)[O-]. The van der Waals surface area contributed by atoms with Gasteiger partial charge in [-0.2, -0.15) is 0 Å². The largest absolute Gasteiger partial charge is 0.486 e. The molecule has 3 rings (SSSR count). The molecule has 1 aromatic heterocycles. The summed E-state index contributed by atoms with van der Waals surface area (Å²) in [5, 5.41) is 11.0. The molecule has 0 fully saturated rings. The number of anilines is 1. The van der Waals surface area contributed by atoms with Crippen molar-refractivity contribution in [2.45, 2.75) is 18.4 Å². The van der Waals surface area contributed by atoms with E-state index in [1.165, 1.54) is 19.1 Å². The number of nitro benzene ring substituents is 1. The minimum Gasteiger partial charge on any atom is -0.486 e. The predicted molar refractivity (Wildman–Crippen MR) is 103 cm³/mol. The summed E-state index contributed by atoms with van der Waals surface area (Å²) < 4.78 is 48.6. The van der Waals surface area contributed by atoms with Crippen molar-refractivity contribution < 1.29 is 22.5 Å². The Morgan fingerprint density at radius 3 is 2.55 bits per heavy atom. The van der Waals surface area contributed by atoms with Gasteiger partial charge in [0.05, 0.1) is 15.4 Å². The lowest BCUT2D eigenvalue weighted by Gasteiger charge is -2.11. The van der Waals surface area contributed by atoms with E-state index in [-0.39, 0.29) is 17.9 Å². The second-order valence-corrected chi connectivity index (χ2v) is 7.86. The highest BCUT2D eigenvalue weighted by molar-refractivity contribution is 7.92. The molecular weight excluding hydrogens is 403 g/mol. The molecule has 2 aromatic carbocycles. The molecule has 0 bridgehead atoms. The molecule has 0 radical (unpaired) electrons. The maximum Gasteiger partial charge on any atom is 0.276 e. The van der Waals surface area contributed by atoms with Crippen molar-refractivity contribution in [2.24, 2.45) is 7.05 Å². The monoisotopic (exact) mass is 420 g/mol. The molecule has 152 valence electrons. The zero-order valence-corrected chi connectivity index (χ0v) is 16.3. The Hall–Kier alpha value is -3.47. The molecule has 1 heterocycles. The van der Waals surface area contributed by atoms with Crippen molar-refractivity contribution in [3.63, 3.8) is 0 Å². The van der Waals surface area contributed by atoms with Gasteiger partial charge in [0, 0.05) is 31.2 Å². The highest BCUT2D eigenvalue weighted by atomic mass is 32.2. The van der Waals surface area contributed by atoms with E-state index in [4.69, 9.17) is 4.74 Å². The van der Waals surface area contributed by atoms with Gasteiger partial charge in [0.1, 0.15) is 24.0 Å². The molecule has 29 heavy (non-hydrogen) atoms. The Kier molecular flexibility index (Phi) is 5.50. The van der Waals surface area contributed by atoms with Gasteiger partial charge in [-0.3, -0.25) is 14.8 Å². The maximum atomic E-state index is 13.9. The molecule has 0 unspecified atom stereocenters. The molecule has 0 atom stereocenters. The third-order valence-corrected chi connectivity index (χ3v) is 5.55. The second-order valence-electron chi connectivity index (χ2n) is 6.18. The predicted octanol–water partition coefficient (Wildman–Crippen LogP) is 3.16. The van der Waals surface area contributed by atoms with Gasteiger partial charge in [0.2, 0.25) is 0 Å². The number of aromatic nitrogens is 2. The third-order valence-electron chi connectivity index (χ3n) is 4.19. The number of rotatable bonds is 7. The van der Waals surface area contributed by atoms with Gasteiger partial charge in [-0.1, -0.05) is 0 Å². The van der Waals surface area contributed by atoms with Gasteiger partial charge >= 0.3 is 0 Å². The number of nitrogens with one attached hydrogen (secondary N) is 1. The lowest BCUT2D eigenvalue weighted by molar-refractivity contribution is -0.385. The third kappa shape index (κ3) is 4.51. The minimum atomic E-state index is -4.22. The van der Waals surface area contributed by atoms with E-state index in [0.717, 1.165) is 18.0 Å². The fraction of sp³-hybridized carbons (Fsp3) is 0.167. The van der Waals surface area contributed by atoms with Crippen LogP contribution in [-0.2, 0) is 23.7 Å². The number of ether oxygens (including phenoxy) is 1. The van der Waals surface area contributed by atoms with E-state index >= 15 is 0 Å². The molecule has 0 aliphatic rings. The highest BCUT2D eigenvalue weighted by Crippen LogP contribution is 2.27. The Morgan fingerprint density at radius 1 is 1.28 bits per heavy atom. The van der Waals surface area contributed by atoms with Crippen LogP contribution in [0.25, 0.3) is 0 Å². The standard InChI is InChI=1S/C18H17FN4O5S/c1-12-16(19)9-15(10-17(12)23(24)25)29(26,27)21-13-3-5-14(6-4-13)28-11-18-20-7-8-22(18)2/h3-10,21H,11H2,1-2H3. The van der Waals surface area contributed by atoms with Crippen LogP contribution < -0.4 is 9.46 Å². The van der Waals surface area contributed by atoms with E-state index in [1.807, 2.05) is 11.6 Å². The molecular formula is C18H17FN4O5S. The van der Waals surface area contributed by atoms with Crippen LogP contribution in [0, 0.1) is 22.9 Å². The first-order valence-corrected chi connectivity index (χ1v) is 9.82. The van der Waals surface area contributed by atoms with Crippen LogP contribution >= 0.6 is 0 Å². The van der Waals surface area contributed by atoms with Crippen LogP contribution in [0.5, 0.6) is 5.75 Å². The Balaban J connectivity index is 1.75. The number of aryl methyl sites for hydroxylation is 1. The summed E-state index contributed by atoms with van der Waals surface area (Å²) in [6.07, 6.45) is 3.43. The fourth-order valence-electron chi connectivity index (χ4n) is 2.50. The van der Waals surface area contributed by atoms with Crippen LogP contribution in [0.2, 0.25) is 0 Å². The van der Waals surface area contributed by atoms with Gasteiger partial charge in [0.15, 0.2) is 0 Å². The zero-order valence-electron chi connectivity index (χ0n) is 15.5. The summed E-state index contributed by atoms with van der Waals surface area (Å²) >= 11 is 0. The van der Waals surface area contributed by atoms with Gasteiger partial charge < -0.3 is 9.30 Å². The summed E-state index contributed by atoms with van der Waals surface area (Å²) in [5.74, 6) is 0.239. The van der Waals surface area contributed by atoms with E-state index < -0.39 is 31.3 Å². The molecule has 0 aliphatic heterocycles.